The van der Waals surface area contributed by atoms with Crippen LogP contribution in [0, 0.1) is 6.92 Å². The lowest BCUT2D eigenvalue weighted by Crippen LogP contribution is -2.31. The van der Waals surface area contributed by atoms with E-state index in [9.17, 15) is 14.7 Å². The molecule has 0 aliphatic carbocycles. The second-order valence-electron chi connectivity index (χ2n) is 8.39. The van der Waals surface area contributed by atoms with E-state index in [1.807, 2.05) is 67.6 Å². The van der Waals surface area contributed by atoms with E-state index in [0.29, 0.717) is 22.3 Å². The first-order valence-electron chi connectivity index (χ1n) is 11.1. The maximum atomic E-state index is 13.7. The molecule has 33 heavy (non-hydrogen) atoms. The van der Waals surface area contributed by atoms with Crippen molar-refractivity contribution in [2.45, 2.75) is 25.9 Å². The molecular formula is C29H27NO3. The third-order valence-electron chi connectivity index (χ3n) is 5.80. The van der Waals surface area contributed by atoms with Crippen molar-refractivity contribution in [1.82, 2.24) is 4.90 Å². The molecule has 1 aliphatic heterocycles. The lowest BCUT2D eigenvalue weighted by Gasteiger charge is -2.32. The Hall–Kier alpha value is -3.76. The maximum Gasteiger partial charge on any atom is 0.191 e. The lowest BCUT2D eigenvalue weighted by atomic mass is 9.76. The lowest BCUT2D eigenvalue weighted by molar-refractivity contribution is 0.101. The number of benzene rings is 3. The Morgan fingerprint density at radius 1 is 0.788 bits per heavy atom. The summed E-state index contributed by atoms with van der Waals surface area (Å²) in [7, 11) is 0. The minimum absolute atomic E-state index is 0.133. The van der Waals surface area contributed by atoms with Gasteiger partial charge in [-0.05, 0) is 25.0 Å². The fraction of sp³-hybridized carbons (Fsp3) is 0.172. The van der Waals surface area contributed by atoms with Crippen LogP contribution < -0.4 is 0 Å². The maximum absolute atomic E-state index is 13.7. The number of nitrogens with zero attached hydrogens (tertiary/aromatic N) is 1. The number of ketones is 2. The first-order valence-corrected chi connectivity index (χ1v) is 11.1. The summed E-state index contributed by atoms with van der Waals surface area (Å²) in [6, 6.07) is 26.1. The molecule has 1 aliphatic rings. The smallest absolute Gasteiger partial charge is 0.191 e. The van der Waals surface area contributed by atoms with Crippen molar-refractivity contribution in [3.63, 3.8) is 0 Å². The molecule has 0 spiro atoms. The molecular weight excluding hydrogens is 410 g/mol. The number of allylic oxidation sites excluding steroid dienone is 2. The van der Waals surface area contributed by atoms with Crippen LogP contribution >= 0.6 is 0 Å². The first kappa shape index (κ1) is 22.4. The van der Waals surface area contributed by atoms with Crippen LogP contribution in [0.2, 0.25) is 0 Å². The molecule has 3 aromatic carbocycles. The minimum Gasteiger partial charge on any atom is -0.392 e. The number of hydrogen-bond donors (Lipinski definition) is 1. The average molecular weight is 438 g/mol. The highest BCUT2D eigenvalue weighted by Crippen LogP contribution is 2.40. The van der Waals surface area contributed by atoms with Gasteiger partial charge in [-0.3, -0.25) is 9.59 Å². The largest absolute Gasteiger partial charge is 0.392 e. The van der Waals surface area contributed by atoms with E-state index in [1.54, 1.807) is 48.5 Å². The zero-order chi connectivity index (χ0) is 23.4. The van der Waals surface area contributed by atoms with Gasteiger partial charge < -0.3 is 10.0 Å². The number of aliphatic hydroxyl groups is 1. The molecule has 4 heteroatoms. The summed E-state index contributed by atoms with van der Waals surface area (Å²) in [6.45, 7) is 3.96. The van der Waals surface area contributed by atoms with Gasteiger partial charge in [0.2, 0.25) is 0 Å². The highest BCUT2D eigenvalue weighted by Gasteiger charge is 2.35. The summed E-state index contributed by atoms with van der Waals surface area (Å²) in [5, 5.41) is 10.0. The van der Waals surface area contributed by atoms with Crippen LogP contribution in [0.4, 0.5) is 0 Å². The number of aryl methyl sites for hydroxylation is 1. The van der Waals surface area contributed by atoms with Gasteiger partial charge in [0.15, 0.2) is 11.6 Å². The van der Waals surface area contributed by atoms with E-state index in [1.165, 1.54) is 0 Å². The van der Waals surface area contributed by atoms with Crippen molar-refractivity contribution < 1.29 is 14.7 Å². The van der Waals surface area contributed by atoms with Gasteiger partial charge in [-0.15, -0.1) is 0 Å². The minimum atomic E-state index is -0.631. The molecule has 0 unspecified atom stereocenters. The number of aliphatic hydroxyl groups excluding tert-OH is 1. The van der Waals surface area contributed by atoms with Crippen LogP contribution in [-0.4, -0.2) is 34.2 Å². The zero-order valence-corrected chi connectivity index (χ0v) is 18.8. The van der Waals surface area contributed by atoms with Crippen molar-refractivity contribution in [3.05, 3.63) is 131 Å². The number of β-amino-alcohol motifs (C(OH)–C–C–N with tert-alkyl or cyclic N) is 1. The monoisotopic (exact) mass is 437 g/mol. The van der Waals surface area contributed by atoms with E-state index < -0.39 is 12.0 Å². The molecule has 0 amide bonds. The number of carbonyl (C=O) groups is 2. The Kier molecular flexibility index (Phi) is 6.66. The van der Waals surface area contributed by atoms with Gasteiger partial charge in [0, 0.05) is 47.1 Å². The zero-order valence-electron chi connectivity index (χ0n) is 18.8. The van der Waals surface area contributed by atoms with Crippen molar-refractivity contribution in [2.24, 2.45) is 0 Å². The van der Waals surface area contributed by atoms with E-state index in [-0.39, 0.29) is 18.1 Å². The predicted molar refractivity (Wildman–Crippen MR) is 130 cm³/mol. The van der Waals surface area contributed by atoms with Crippen LogP contribution in [0.15, 0.2) is 108 Å². The van der Waals surface area contributed by atoms with Gasteiger partial charge in [0.05, 0.1) is 6.10 Å². The predicted octanol–water partition coefficient (Wildman–Crippen LogP) is 5.31. The van der Waals surface area contributed by atoms with Crippen molar-refractivity contribution in [3.8, 4) is 0 Å². The van der Waals surface area contributed by atoms with Crippen LogP contribution in [0.5, 0.6) is 0 Å². The van der Waals surface area contributed by atoms with Gasteiger partial charge in [-0.1, -0.05) is 84.9 Å². The molecule has 0 fully saturated rings. The molecule has 0 saturated carbocycles. The average Bonchev–Trinajstić information content (AvgIpc) is 2.84. The Balaban J connectivity index is 1.90. The molecule has 0 aromatic heterocycles. The first-order chi connectivity index (χ1) is 16.0. The van der Waals surface area contributed by atoms with Crippen LogP contribution in [0.25, 0.3) is 0 Å². The number of hydrogen-bond acceptors (Lipinski definition) is 4. The summed E-state index contributed by atoms with van der Waals surface area (Å²) in [5.41, 5.74) is 4.07. The fourth-order valence-corrected chi connectivity index (χ4v) is 4.26. The summed E-state index contributed by atoms with van der Waals surface area (Å²) in [5.74, 6) is -0.784. The molecule has 1 N–H and O–H groups in total. The van der Waals surface area contributed by atoms with Gasteiger partial charge in [0.1, 0.15) is 0 Å². The van der Waals surface area contributed by atoms with Crippen LogP contribution in [0.1, 0.15) is 44.7 Å². The van der Waals surface area contributed by atoms with Crippen molar-refractivity contribution in [2.75, 3.05) is 6.54 Å². The summed E-state index contributed by atoms with van der Waals surface area (Å²) in [6.07, 6.45) is 2.93. The Bertz CT molecular complexity index is 1140. The summed E-state index contributed by atoms with van der Waals surface area (Å²) in [4.78, 5) is 29.2. The second-order valence-corrected chi connectivity index (χ2v) is 8.39. The van der Waals surface area contributed by atoms with E-state index in [0.717, 1.165) is 11.1 Å². The molecule has 4 rings (SSSR count). The molecule has 0 saturated heterocycles. The Morgan fingerprint density at radius 2 is 1.24 bits per heavy atom. The normalized spacial score (nSPS) is 14.9. The molecule has 1 atom stereocenters. The number of carbonyl (C=O) groups excluding carboxylic acids is 2. The van der Waals surface area contributed by atoms with Crippen LogP contribution in [-0.2, 0) is 0 Å². The van der Waals surface area contributed by atoms with E-state index in [4.69, 9.17) is 0 Å². The van der Waals surface area contributed by atoms with Crippen molar-refractivity contribution >= 4 is 11.6 Å². The molecule has 0 bridgehead atoms. The SMILES string of the molecule is Cc1ccccc1C1C(C(=O)c2ccccc2)=CN(C[C@@H](C)O)C=C1C(=O)c1ccccc1. The highest BCUT2D eigenvalue weighted by molar-refractivity contribution is 6.15. The summed E-state index contributed by atoms with van der Waals surface area (Å²) >= 11 is 0. The highest BCUT2D eigenvalue weighted by atomic mass is 16.3. The molecule has 3 aromatic rings. The molecule has 166 valence electrons. The fourth-order valence-electron chi connectivity index (χ4n) is 4.26. The topological polar surface area (TPSA) is 57.6 Å². The second kappa shape index (κ2) is 9.80. The standard InChI is InChI=1S/C29H27NO3/c1-20-11-9-10-16-24(20)27-25(28(32)22-12-5-3-6-13-22)18-30(17-21(2)31)19-26(27)29(33)23-14-7-4-8-15-23/h3-16,18-19,21,27,31H,17H2,1-2H3/t21-/m1/s1. The van der Waals surface area contributed by atoms with Gasteiger partial charge in [0.25, 0.3) is 0 Å². The third-order valence-corrected chi connectivity index (χ3v) is 5.80. The Morgan fingerprint density at radius 3 is 1.70 bits per heavy atom. The van der Waals surface area contributed by atoms with Crippen LogP contribution in [0.3, 0.4) is 0 Å². The van der Waals surface area contributed by atoms with Crippen molar-refractivity contribution in [1.29, 1.82) is 0 Å². The summed E-state index contributed by atoms with van der Waals surface area (Å²) < 4.78 is 0. The van der Waals surface area contributed by atoms with Gasteiger partial charge in [-0.2, -0.15) is 0 Å². The van der Waals surface area contributed by atoms with Gasteiger partial charge in [-0.25, -0.2) is 0 Å². The van der Waals surface area contributed by atoms with Gasteiger partial charge >= 0.3 is 0 Å². The quantitative estimate of drug-likeness (QED) is 0.509. The molecule has 4 nitrogen and oxygen atoms in total. The third kappa shape index (κ3) is 4.86. The number of Topliss-reactive ketones (excluding diaryl/α,β-unsaturated/α-hetero) is 2. The number of rotatable bonds is 7. The molecule has 0 radical (unpaired) electrons. The molecule has 1 heterocycles. The Labute approximate surface area is 194 Å². The van der Waals surface area contributed by atoms with E-state index in [2.05, 4.69) is 0 Å². The van der Waals surface area contributed by atoms with E-state index >= 15 is 0 Å².